The fraction of sp³-hybridized carbons (Fsp3) is 0.482. The molecule has 1 aromatic heterocycles. The molecule has 5 amide bonds. The summed E-state index contributed by atoms with van der Waals surface area (Å²) in [6, 6.07) is 14.1. The van der Waals surface area contributed by atoms with Gasteiger partial charge in [0.05, 0.1) is 22.6 Å². The Morgan fingerprint density at radius 2 is 1.59 bits per heavy atom. The second-order valence-electron chi connectivity index (χ2n) is 21.7. The third-order valence-electron chi connectivity index (χ3n) is 17.9. The summed E-state index contributed by atoms with van der Waals surface area (Å²) in [5.41, 5.74) is 4.56. The largest absolute Gasteiger partial charge is 0.488 e. The maximum Gasteiger partial charge on any atom is 0.329 e. The number of nitrogens with zero attached hydrogens (tertiary/aromatic N) is 5. The van der Waals surface area contributed by atoms with E-state index >= 15 is 17.6 Å². The average Bonchev–Trinajstić information content (AvgIpc) is 4.00. The number of aryl methyl sites for hydroxylation is 1. The van der Waals surface area contributed by atoms with E-state index in [-0.39, 0.29) is 100.0 Å². The van der Waals surface area contributed by atoms with Crippen molar-refractivity contribution in [2.45, 2.75) is 107 Å². The summed E-state index contributed by atoms with van der Waals surface area (Å²) in [5, 5.41) is 19.7. The van der Waals surface area contributed by atoms with E-state index in [0.717, 1.165) is 37.7 Å². The number of halogens is 5. The molecule has 4 aromatic carbocycles. The molecular formula is C56H61ClF4N8O7. The molecule has 5 heterocycles. The van der Waals surface area contributed by atoms with Crippen LogP contribution in [0.15, 0.2) is 54.6 Å². The number of piperidine rings is 2. The molecule has 0 spiro atoms. The third-order valence-corrected chi connectivity index (χ3v) is 18.2. The summed E-state index contributed by atoms with van der Waals surface area (Å²) in [4.78, 5) is 57.5. The van der Waals surface area contributed by atoms with Crippen LogP contribution in [0.3, 0.4) is 0 Å². The fourth-order valence-electron chi connectivity index (χ4n) is 13.6. The standard InChI is InChI=1S/C56H61ClF4N8O7/c1-31-42-40(29-38(59)46(57)45(42)44-35(50(62)72)8-9-39(47(44)60)75-27-26-70)76-56(31,33-6-4-3-5-7-33)30-63-55-18-15-54(16-19-55,17-20-55)52(73)68-23-12-34(13-24-68)67-21-10-32(11-22-67)43-37(58)28-36-49(48(43)61)66(2)65-51(36)69-25-14-41(71)64-53(69)74/h3-9,28-29,31-32,34,63,70H,10-27,30H2,1-2H3,(H2,62,72)(H,64,71,74). The van der Waals surface area contributed by atoms with Crippen LogP contribution in [0.1, 0.15) is 116 Å². The monoisotopic (exact) mass is 1070 g/mol. The number of carbonyl (C=O) groups is 4. The Hall–Kier alpha value is -6.28. The van der Waals surface area contributed by atoms with Gasteiger partial charge in [0.2, 0.25) is 17.7 Å². The Bertz CT molecular complexity index is 3140. The van der Waals surface area contributed by atoms with Crippen LogP contribution in [-0.2, 0) is 22.2 Å². The van der Waals surface area contributed by atoms with E-state index in [1.54, 1.807) is 7.05 Å². The highest BCUT2D eigenvalue weighted by molar-refractivity contribution is 6.34. The van der Waals surface area contributed by atoms with Gasteiger partial charge in [-0.2, -0.15) is 5.10 Å². The lowest BCUT2D eigenvalue weighted by Crippen LogP contribution is -2.62. The number of primary amides is 1. The number of likely N-dealkylation sites (tertiary alicyclic amines) is 2. The lowest BCUT2D eigenvalue weighted by molar-refractivity contribution is -0.151. The molecule has 5 aromatic rings. The molecular weight excluding hydrogens is 1010 g/mol. The van der Waals surface area contributed by atoms with E-state index in [9.17, 15) is 24.3 Å². The number of anilines is 1. The number of ether oxygens (including phenoxy) is 2. The van der Waals surface area contributed by atoms with Crippen LogP contribution in [0.5, 0.6) is 11.5 Å². The zero-order chi connectivity index (χ0) is 53.4. The number of hydrogen-bond acceptors (Lipinski definition) is 10. The quantitative estimate of drug-likeness (QED) is 0.0837. The summed E-state index contributed by atoms with van der Waals surface area (Å²) in [6.45, 7) is 4.21. The van der Waals surface area contributed by atoms with E-state index in [0.29, 0.717) is 63.8 Å². The Labute approximate surface area is 442 Å². The molecule has 20 heteroatoms. The van der Waals surface area contributed by atoms with Crippen LogP contribution in [0.2, 0.25) is 5.02 Å². The van der Waals surface area contributed by atoms with Crippen molar-refractivity contribution in [1.82, 2.24) is 30.2 Å². The van der Waals surface area contributed by atoms with Crippen LogP contribution >= 0.6 is 11.6 Å². The molecule has 15 nitrogen and oxygen atoms in total. The number of nitrogens with two attached hydrogens (primary N) is 1. The number of aromatic nitrogens is 2. The lowest BCUT2D eigenvalue weighted by atomic mass is 9.56. The summed E-state index contributed by atoms with van der Waals surface area (Å²) < 4.78 is 78.6. The van der Waals surface area contributed by atoms with Crippen LogP contribution in [0.4, 0.5) is 28.2 Å². The van der Waals surface area contributed by atoms with Gasteiger partial charge >= 0.3 is 6.03 Å². The van der Waals surface area contributed by atoms with Crippen molar-refractivity contribution in [3.05, 3.63) is 105 Å². The zero-order valence-corrected chi connectivity index (χ0v) is 43.2. The minimum atomic E-state index is -1.15. The molecule has 4 aliphatic heterocycles. The highest BCUT2D eigenvalue weighted by Crippen LogP contribution is 2.58. The summed E-state index contributed by atoms with van der Waals surface area (Å²) in [6.07, 6.45) is 7.18. The van der Waals surface area contributed by atoms with Crippen molar-refractivity contribution >= 4 is 52.1 Å². The number of amides is 5. The summed E-state index contributed by atoms with van der Waals surface area (Å²) in [5.74, 6) is -5.35. The molecule has 2 bridgehead atoms. The molecule has 12 rings (SSSR count). The predicted molar refractivity (Wildman–Crippen MR) is 275 cm³/mol. The van der Waals surface area contributed by atoms with Crippen LogP contribution in [0.25, 0.3) is 22.0 Å². The summed E-state index contributed by atoms with van der Waals surface area (Å²) >= 11 is 6.76. The molecule has 6 fully saturated rings. The second kappa shape index (κ2) is 19.9. The Morgan fingerprint density at radius 1 is 0.895 bits per heavy atom. The first-order valence-corrected chi connectivity index (χ1v) is 26.7. The smallest absolute Gasteiger partial charge is 0.329 e. The SMILES string of the molecule is CC1c2c(cc(F)c(Cl)c2-c2c(C(N)=O)ccc(OCCO)c2F)OC1(CNC12CCC(C(=O)N3CCC(N4CCC(c5c(F)cc6c(N7CCC(=O)NC7=O)nn(C)c6c5F)CC4)CC3)(CC1)CC2)c1ccccc1. The Balaban J connectivity index is 0.739. The summed E-state index contributed by atoms with van der Waals surface area (Å²) in [7, 11) is 1.56. The van der Waals surface area contributed by atoms with E-state index in [4.69, 9.17) is 26.8 Å². The predicted octanol–water partition coefficient (Wildman–Crippen LogP) is 8.31. The Morgan fingerprint density at radius 3 is 2.25 bits per heavy atom. The number of fused-ring (bicyclic) bond motifs is 5. The maximum absolute atomic E-state index is 16.6. The molecule has 2 atom stereocenters. The average molecular weight is 1070 g/mol. The highest BCUT2D eigenvalue weighted by atomic mass is 35.5. The molecule has 3 saturated heterocycles. The lowest BCUT2D eigenvalue weighted by Gasteiger charge is -2.55. The van der Waals surface area contributed by atoms with Crippen molar-refractivity contribution in [2.24, 2.45) is 18.2 Å². The third kappa shape index (κ3) is 8.65. The maximum atomic E-state index is 16.6. The van der Waals surface area contributed by atoms with Crippen molar-refractivity contribution in [2.75, 3.05) is 57.4 Å². The molecule has 3 aliphatic carbocycles. The zero-order valence-electron chi connectivity index (χ0n) is 42.5. The number of hydrogen-bond donors (Lipinski definition) is 4. The first-order chi connectivity index (χ1) is 36.5. The molecule has 3 saturated carbocycles. The van der Waals surface area contributed by atoms with Crippen LogP contribution in [0, 0.1) is 28.7 Å². The van der Waals surface area contributed by atoms with Crippen molar-refractivity contribution in [3.8, 4) is 22.6 Å². The fourth-order valence-corrected chi connectivity index (χ4v) is 13.8. The van der Waals surface area contributed by atoms with Crippen LogP contribution < -0.4 is 30.7 Å². The Kier molecular flexibility index (Phi) is 13.6. The van der Waals surface area contributed by atoms with E-state index < -0.39 is 69.7 Å². The number of aliphatic hydroxyl groups excluding tert-OH is 1. The van der Waals surface area contributed by atoms with Gasteiger partial charge in [-0.05, 0) is 107 Å². The number of carbonyl (C=O) groups excluding carboxylic acids is 4. The molecule has 76 heavy (non-hydrogen) atoms. The van der Waals surface area contributed by atoms with Gasteiger partial charge in [-0.15, -0.1) is 0 Å². The highest BCUT2D eigenvalue weighted by Gasteiger charge is 2.56. The van der Waals surface area contributed by atoms with Crippen molar-refractivity contribution < 1.29 is 51.3 Å². The molecule has 7 aliphatic rings. The van der Waals surface area contributed by atoms with Gasteiger partial charge in [0, 0.05) is 90.9 Å². The number of imide groups is 1. The molecule has 5 N–H and O–H groups in total. The van der Waals surface area contributed by atoms with Gasteiger partial charge in [-0.3, -0.25) is 29.3 Å². The van der Waals surface area contributed by atoms with E-state index in [1.165, 1.54) is 33.8 Å². The number of nitrogens with one attached hydrogen (secondary N) is 2. The normalized spacial score (nSPS) is 25.2. The van der Waals surface area contributed by atoms with Gasteiger partial charge in [-0.25, -0.2) is 22.4 Å². The first kappa shape index (κ1) is 51.8. The van der Waals surface area contributed by atoms with E-state index in [1.807, 2.05) is 42.2 Å². The second-order valence-corrected chi connectivity index (χ2v) is 22.1. The van der Waals surface area contributed by atoms with Crippen LogP contribution in [-0.4, -0.2) is 113 Å². The van der Waals surface area contributed by atoms with Gasteiger partial charge in [0.1, 0.15) is 29.5 Å². The van der Waals surface area contributed by atoms with Crippen molar-refractivity contribution in [3.63, 3.8) is 0 Å². The van der Waals surface area contributed by atoms with Gasteiger partial charge in [-0.1, -0.05) is 48.9 Å². The topological polar surface area (TPSA) is 185 Å². The van der Waals surface area contributed by atoms with Gasteiger partial charge in [0.15, 0.2) is 28.8 Å². The number of aliphatic hydroxyl groups is 1. The number of rotatable bonds is 13. The molecule has 2 unspecified atom stereocenters. The minimum absolute atomic E-state index is 0.0292. The van der Waals surface area contributed by atoms with E-state index in [2.05, 4.69) is 20.6 Å². The van der Waals surface area contributed by atoms with Gasteiger partial charge in [0.25, 0.3) is 0 Å². The first-order valence-electron chi connectivity index (χ1n) is 26.4. The molecule has 0 radical (unpaired) electrons. The minimum Gasteiger partial charge on any atom is -0.488 e. The molecule has 402 valence electrons. The number of urea groups is 1. The number of benzene rings is 4. The van der Waals surface area contributed by atoms with Crippen molar-refractivity contribution in [1.29, 1.82) is 0 Å². The van der Waals surface area contributed by atoms with Gasteiger partial charge < -0.3 is 35.4 Å².